The van der Waals surface area contributed by atoms with Crippen molar-refractivity contribution in [3.63, 3.8) is 0 Å². The highest BCUT2D eigenvalue weighted by molar-refractivity contribution is 5.03. The molecule has 1 atom stereocenters. The van der Waals surface area contributed by atoms with Crippen LogP contribution in [0.3, 0.4) is 0 Å². The Bertz CT molecular complexity index is 231. The van der Waals surface area contributed by atoms with Gasteiger partial charge < -0.3 is 16.0 Å². The number of nitrogens with zero attached hydrogens (tertiary/aromatic N) is 1. The molecule has 1 unspecified atom stereocenters. The molecule has 0 amide bonds. The molecular weight excluding hydrogens is 186 g/mol. The molecule has 2 rings (SSSR count). The van der Waals surface area contributed by atoms with E-state index in [1.54, 1.807) is 0 Å². The quantitative estimate of drug-likeness (QED) is 0.673. The Morgan fingerprint density at radius 1 is 1.47 bits per heavy atom. The molecule has 3 nitrogen and oxygen atoms in total. The van der Waals surface area contributed by atoms with Crippen molar-refractivity contribution < 1.29 is 0 Å². The molecule has 0 aromatic rings. The van der Waals surface area contributed by atoms with E-state index in [0.717, 1.165) is 13.1 Å². The van der Waals surface area contributed by atoms with Crippen LogP contribution in [0.4, 0.5) is 0 Å². The predicted octanol–water partition coefficient (Wildman–Crippen LogP) is 0.718. The second-order valence-electron chi connectivity index (χ2n) is 5.11. The van der Waals surface area contributed by atoms with Gasteiger partial charge in [0, 0.05) is 24.7 Å². The van der Waals surface area contributed by atoms with Gasteiger partial charge in [-0.3, -0.25) is 0 Å². The minimum absolute atomic E-state index is 0.170. The molecule has 1 saturated heterocycles. The standard InChI is InChI=1S/C12H23N3/c1-15-8-4-7-12(9-13,10-15)14-11-5-2-3-6-11/h2-3,11,14H,4-10,13H2,1H3. The number of nitrogens with one attached hydrogen (secondary N) is 1. The fourth-order valence-electron chi connectivity index (χ4n) is 2.87. The fourth-order valence-corrected chi connectivity index (χ4v) is 2.87. The summed E-state index contributed by atoms with van der Waals surface area (Å²) in [5.74, 6) is 0. The molecule has 86 valence electrons. The number of rotatable bonds is 3. The third kappa shape index (κ3) is 2.60. The molecule has 1 aliphatic heterocycles. The van der Waals surface area contributed by atoms with Crippen LogP contribution in [-0.4, -0.2) is 43.2 Å². The maximum absolute atomic E-state index is 5.97. The number of likely N-dealkylation sites (tertiary alicyclic amines) is 1. The molecule has 1 aliphatic carbocycles. The number of hydrogen-bond acceptors (Lipinski definition) is 3. The van der Waals surface area contributed by atoms with Crippen LogP contribution < -0.4 is 11.1 Å². The van der Waals surface area contributed by atoms with E-state index in [9.17, 15) is 0 Å². The van der Waals surface area contributed by atoms with Gasteiger partial charge >= 0.3 is 0 Å². The molecule has 2 aliphatic rings. The zero-order valence-corrected chi connectivity index (χ0v) is 9.71. The smallest absolute Gasteiger partial charge is 0.0435 e. The second kappa shape index (κ2) is 4.64. The number of likely N-dealkylation sites (N-methyl/N-ethyl adjacent to an activating group) is 1. The van der Waals surface area contributed by atoms with E-state index in [-0.39, 0.29) is 5.54 Å². The molecule has 0 bridgehead atoms. The maximum Gasteiger partial charge on any atom is 0.0435 e. The third-order valence-electron chi connectivity index (χ3n) is 3.68. The molecule has 1 fully saturated rings. The minimum atomic E-state index is 0.170. The van der Waals surface area contributed by atoms with Crippen molar-refractivity contribution in [2.45, 2.75) is 37.3 Å². The van der Waals surface area contributed by atoms with E-state index in [4.69, 9.17) is 5.73 Å². The Morgan fingerprint density at radius 2 is 2.20 bits per heavy atom. The minimum Gasteiger partial charge on any atom is -0.329 e. The summed E-state index contributed by atoms with van der Waals surface area (Å²) < 4.78 is 0. The zero-order valence-electron chi connectivity index (χ0n) is 9.71. The maximum atomic E-state index is 5.97. The van der Waals surface area contributed by atoms with E-state index in [2.05, 4.69) is 29.4 Å². The highest BCUT2D eigenvalue weighted by Gasteiger charge is 2.34. The Balaban J connectivity index is 1.94. The van der Waals surface area contributed by atoms with Gasteiger partial charge in [0.15, 0.2) is 0 Å². The van der Waals surface area contributed by atoms with E-state index >= 15 is 0 Å². The van der Waals surface area contributed by atoms with Crippen molar-refractivity contribution in [3.05, 3.63) is 12.2 Å². The van der Waals surface area contributed by atoms with Gasteiger partial charge in [0.2, 0.25) is 0 Å². The van der Waals surface area contributed by atoms with Gasteiger partial charge in [-0.15, -0.1) is 0 Å². The van der Waals surface area contributed by atoms with Crippen molar-refractivity contribution in [3.8, 4) is 0 Å². The van der Waals surface area contributed by atoms with Crippen LogP contribution in [0.5, 0.6) is 0 Å². The van der Waals surface area contributed by atoms with Crippen molar-refractivity contribution in [2.75, 3.05) is 26.7 Å². The van der Waals surface area contributed by atoms with Gasteiger partial charge in [-0.1, -0.05) is 12.2 Å². The fraction of sp³-hybridized carbons (Fsp3) is 0.833. The lowest BCUT2D eigenvalue weighted by molar-refractivity contribution is 0.138. The number of hydrogen-bond donors (Lipinski definition) is 2. The molecule has 0 spiro atoms. The topological polar surface area (TPSA) is 41.3 Å². The summed E-state index contributed by atoms with van der Waals surface area (Å²) in [6.07, 6.45) is 9.38. The number of piperidine rings is 1. The predicted molar refractivity (Wildman–Crippen MR) is 63.8 cm³/mol. The zero-order chi connectivity index (χ0) is 10.7. The summed E-state index contributed by atoms with van der Waals surface area (Å²) in [5, 5.41) is 3.78. The first kappa shape index (κ1) is 11.1. The van der Waals surface area contributed by atoms with Crippen LogP contribution in [0.15, 0.2) is 12.2 Å². The molecule has 3 heteroatoms. The van der Waals surface area contributed by atoms with Crippen LogP contribution in [0, 0.1) is 0 Å². The van der Waals surface area contributed by atoms with Crippen molar-refractivity contribution >= 4 is 0 Å². The van der Waals surface area contributed by atoms with E-state index in [1.807, 2.05) is 0 Å². The molecular formula is C12H23N3. The first-order chi connectivity index (χ1) is 7.24. The van der Waals surface area contributed by atoms with Gasteiger partial charge in [0.1, 0.15) is 0 Å². The summed E-state index contributed by atoms with van der Waals surface area (Å²) in [6, 6.07) is 0.625. The van der Waals surface area contributed by atoms with Crippen molar-refractivity contribution in [1.82, 2.24) is 10.2 Å². The van der Waals surface area contributed by atoms with E-state index in [0.29, 0.717) is 6.04 Å². The lowest BCUT2D eigenvalue weighted by Crippen LogP contribution is -2.62. The van der Waals surface area contributed by atoms with Crippen molar-refractivity contribution in [1.29, 1.82) is 0 Å². The summed E-state index contributed by atoms with van der Waals surface area (Å²) in [4.78, 5) is 2.39. The van der Waals surface area contributed by atoms with Crippen LogP contribution >= 0.6 is 0 Å². The second-order valence-corrected chi connectivity index (χ2v) is 5.11. The van der Waals surface area contributed by atoms with Crippen LogP contribution in [0.25, 0.3) is 0 Å². The lowest BCUT2D eigenvalue weighted by Gasteiger charge is -2.43. The first-order valence-electron chi connectivity index (χ1n) is 6.05. The van der Waals surface area contributed by atoms with Crippen LogP contribution in [0.2, 0.25) is 0 Å². The Hall–Kier alpha value is -0.380. The summed E-state index contributed by atoms with van der Waals surface area (Å²) in [7, 11) is 2.19. The van der Waals surface area contributed by atoms with Gasteiger partial charge in [-0.05, 0) is 39.3 Å². The summed E-state index contributed by atoms with van der Waals surface area (Å²) in [5.41, 5.74) is 6.14. The molecule has 0 aromatic carbocycles. The average molecular weight is 209 g/mol. The monoisotopic (exact) mass is 209 g/mol. The molecule has 3 N–H and O–H groups in total. The summed E-state index contributed by atoms with van der Waals surface area (Å²) >= 11 is 0. The van der Waals surface area contributed by atoms with Gasteiger partial charge in [0.05, 0.1) is 0 Å². The average Bonchev–Trinajstić information content (AvgIpc) is 2.70. The molecule has 0 saturated carbocycles. The van der Waals surface area contributed by atoms with Crippen molar-refractivity contribution in [2.24, 2.45) is 5.73 Å². The van der Waals surface area contributed by atoms with E-state index < -0.39 is 0 Å². The van der Waals surface area contributed by atoms with E-state index in [1.165, 1.54) is 32.2 Å². The lowest BCUT2D eigenvalue weighted by atomic mass is 9.88. The Morgan fingerprint density at radius 3 is 2.80 bits per heavy atom. The Labute approximate surface area is 92.7 Å². The molecule has 1 heterocycles. The largest absolute Gasteiger partial charge is 0.329 e. The van der Waals surface area contributed by atoms with Crippen LogP contribution in [-0.2, 0) is 0 Å². The van der Waals surface area contributed by atoms with Crippen LogP contribution in [0.1, 0.15) is 25.7 Å². The molecule has 0 aromatic heterocycles. The van der Waals surface area contributed by atoms with Gasteiger partial charge in [-0.25, -0.2) is 0 Å². The normalized spacial score (nSPS) is 33.7. The SMILES string of the molecule is CN1CCCC(CN)(NC2CC=CC2)C1. The third-order valence-corrected chi connectivity index (χ3v) is 3.68. The molecule has 0 radical (unpaired) electrons. The highest BCUT2D eigenvalue weighted by atomic mass is 15.2. The number of nitrogens with two attached hydrogens (primary N) is 1. The summed E-state index contributed by atoms with van der Waals surface area (Å²) in [6.45, 7) is 3.07. The Kier molecular flexibility index (Phi) is 3.44. The molecule has 15 heavy (non-hydrogen) atoms. The highest BCUT2D eigenvalue weighted by Crippen LogP contribution is 2.22. The van der Waals surface area contributed by atoms with Gasteiger partial charge in [-0.2, -0.15) is 0 Å². The van der Waals surface area contributed by atoms with Gasteiger partial charge in [0.25, 0.3) is 0 Å². The first-order valence-corrected chi connectivity index (χ1v) is 6.05.